The van der Waals surface area contributed by atoms with E-state index in [1.54, 1.807) is 6.07 Å². The standard InChI is InChI=1S/C16H20FN/c1-18-12-6-2-3-7-13-10-11-16(17)15-9-5-4-8-14(13)15/h4-5,8-11,18H,2-3,6-7,12H2,1H3. The molecule has 0 amide bonds. The van der Waals surface area contributed by atoms with E-state index in [0.717, 1.165) is 30.2 Å². The predicted octanol–water partition coefficient (Wildman–Crippen LogP) is 3.91. The molecule has 0 radical (unpaired) electrons. The zero-order valence-electron chi connectivity index (χ0n) is 10.9. The minimum atomic E-state index is -0.121. The first kappa shape index (κ1) is 13.0. The summed E-state index contributed by atoms with van der Waals surface area (Å²) < 4.78 is 13.6. The number of unbranched alkanes of at least 4 members (excludes halogenated alkanes) is 2. The summed E-state index contributed by atoms with van der Waals surface area (Å²) >= 11 is 0. The van der Waals surface area contributed by atoms with Gasteiger partial charge < -0.3 is 5.32 Å². The summed E-state index contributed by atoms with van der Waals surface area (Å²) in [6.07, 6.45) is 4.62. The maximum absolute atomic E-state index is 13.6. The van der Waals surface area contributed by atoms with Gasteiger partial charge >= 0.3 is 0 Å². The van der Waals surface area contributed by atoms with E-state index in [1.165, 1.54) is 18.4 Å². The Bertz CT molecular complexity index is 507. The Morgan fingerprint density at radius 1 is 0.944 bits per heavy atom. The fraction of sp³-hybridized carbons (Fsp3) is 0.375. The van der Waals surface area contributed by atoms with Gasteiger partial charge in [0.15, 0.2) is 0 Å². The van der Waals surface area contributed by atoms with Crippen molar-refractivity contribution in [2.24, 2.45) is 0 Å². The van der Waals surface area contributed by atoms with Crippen LogP contribution in [-0.4, -0.2) is 13.6 Å². The molecular weight excluding hydrogens is 225 g/mol. The van der Waals surface area contributed by atoms with Crippen molar-refractivity contribution in [2.75, 3.05) is 13.6 Å². The maximum atomic E-state index is 13.6. The number of rotatable bonds is 6. The average molecular weight is 245 g/mol. The van der Waals surface area contributed by atoms with Gasteiger partial charge in [-0.05, 0) is 49.9 Å². The highest BCUT2D eigenvalue weighted by atomic mass is 19.1. The highest BCUT2D eigenvalue weighted by molar-refractivity contribution is 5.86. The first-order chi connectivity index (χ1) is 8.83. The predicted molar refractivity (Wildman–Crippen MR) is 75.4 cm³/mol. The van der Waals surface area contributed by atoms with Crippen LogP contribution in [0.3, 0.4) is 0 Å². The second kappa shape index (κ2) is 6.50. The largest absolute Gasteiger partial charge is 0.320 e. The molecule has 0 aliphatic carbocycles. The molecule has 0 unspecified atom stereocenters. The van der Waals surface area contributed by atoms with Crippen LogP contribution in [0, 0.1) is 5.82 Å². The van der Waals surface area contributed by atoms with Gasteiger partial charge in [0.25, 0.3) is 0 Å². The monoisotopic (exact) mass is 245 g/mol. The minimum absolute atomic E-state index is 0.121. The Morgan fingerprint density at radius 3 is 2.50 bits per heavy atom. The first-order valence-corrected chi connectivity index (χ1v) is 6.63. The summed E-state index contributed by atoms with van der Waals surface area (Å²) in [4.78, 5) is 0. The van der Waals surface area contributed by atoms with E-state index in [-0.39, 0.29) is 5.82 Å². The first-order valence-electron chi connectivity index (χ1n) is 6.63. The van der Waals surface area contributed by atoms with Gasteiger partial charge in [-0.2, -0.15) is 0 Å². The molecule has 0 saturated carbocycles. The molecule has 0 bridgehead atoms. The van der Waals surface area contributed by atoms with Crippen molar-refractivity contribution in [2.45, 2.75) is 25.7 Å². The number of aryl methyl sites for hydroxylation is 1. The molecule has 2 aromatic carbocycles. The van der Waals surface area contributed by atoms with E-state index in [2.05, 4.69) is 5.32 Å². The SMILES string of the molecule is CNCCCCCc1ccc(F)c2ccccc12. The van der Waals surface area contributed by atoms with Gasteiger partial charge in [-0.1, -0.05) is 36.8 Å². The van der Waals surface area contributed by atoms with Gasteiger partial charge in [0.2, 0.25) is 0 Å². The fourth-order valence-corrected chi connectivity index (χ4v) is 2.34. The molecule has 0 aromatic heterocycles. The van der Waals surface area contributed by atoms with Crippen LogP contribution in [0.2, 0.25) is 0 Å². The molecule has 0 atom stereocenters. The molecule has 0 fully saturated rings. The number of hydrogen-bond acceptors (Lipinski definition) is 1. The summed E-state index contributed by atoms with van der Waals surface area (Å²) in [6, 6.07) is 11.3. The van der Waals surface area contributed by atoms with Crippen LogP contribution in [0.15, 0.2) is 36.4 Å². The molecule has 0 aliphatic heterocycles. The van der Waals surface area contributed by atoms with Crippen LogP contribution in [0.1, 0.15) is 24.8 Å². The molecule has 0 saturated heterocycles. The molecule has 18 heavy (non-hydrogen) atoms. The van der Waals surface area contributed by atoms with Crippen LogP contribution in [0.5, 0.6) is 0 Å². The molecule has 0 spiro atoms. The smallest absolute Gasteiger partial charge is 0.131 e. The lowest BCUT2D eigenvalue weighted by Crippen LogP contribution is -2.07. The highest BCUT2D eigenvalue weighted by Gasteiger charge is 2.04. The number of fused-ring (bicyclic) bond motifs is 1. The van der Waals surface area contributed by atoms with E-state index in [4.69, 9.17) is 0 Å². The van der Waals surface area contributed by atoms with Crippen molar-refractivity contribution < 1.29 is 4.39 Å². The fourth-order valence-electron chi connectivity index (χ4n) is 2.34. The van der Waals surface area contributed by atoms with Gasteiger partial charge in [0, 0.05) is 5.39 Å². The van der Waals surface area contributed by atoms with Crippen LogP contribution in [0.4, 0.5) is 4.39 Å². The summed E-state index contributed by atoms with van der Waals surface area (Å²) in [5.41, 5.74) is 1.26. The van der Waals surface area contributed by atoms with Gasteiger partial charge in [-0.3, -0.25) is 0 Å². The van der Waals surface area contributed by atoms with Crippen molar-refractivity contribution in [1.82, 2.24) is 5.32 Å². The molecular formula is C16H20FN. The Kier molecular flexibility index (Phi) is 4.71. The van der Waals surface area contributed by atoms with Crippen LogP contribution in [-0.2, 0) is 6.42 Å². The molecule has 0 heterocycles. The third kappa shape index (κ3) is 3.08. The Balaban J connectivity index is 2.07. The Labute approximate surface area is 108 Å². The van der Waals surface area contributed by atoms with Crippen molar-refractivity contribution in [3.8, 4) is 0 Å². The number of nitrogens with one attached hydrogen (secondary N) is 1. The Hall–Kier alpha value is -1.41. The lowest BCUT2D eigenvalue weighted by molar-refractivity contribution is 0.635. The topological polar surface area (TPSA) is 12.0 Å². The summed E-state index contributed by atoms with van der Waals surface area (Å²) in [6.45, 7) is 1.07. The van der Waals surface area contributed by atoms with E-state index >= 15 is 0 Å². The number of halogens is 1. The van der Waals surface area contributed by atoms with Crippen molar-refractivity contribution in [3.63, 3.8) is 0 Å². The van der Waals surface area contributed by atoms with Crippen LogP contribution < -0.4 is 5.32 Å². The normalized spacial score (nSPS) is 11.0. The zero-order chi connectivity index (χ0) is 12.8. The summed E-state index contributed by atoms with van der Waals surface area (Å²) in [7, 11) is 1.98. The third-order valence-corrected chi connectivity index (χ3v) is 3.33. The number of hydrogen-bond donors (Lipinski definition) is 1. The maximum Gasteiger partial charge on any atom is 0.131 e. The average Bonchev–Trinajstić information content (AvgIpc) is 2.41. The highest BCUT2D eigenvalue weighted by Crippen LogP contribution is 2.23. The summed E-state index contributed by atoms with van der Waals surface area (Å²) in [5.74, 6) is -0.121. The van der Waals surface area contributed by atoms with Crippen molar-refractivity contribution in [1.29, 1.82) is 0 Å². The number of benzene rings is 2. The van der Waals surface area contributed by atoms with E-state index < -0.39 is 0 Å². The van der Waals surface area contributed by atoms with Crippen LogP contribution >= 0.6 is 0 Å². The van der Waals surface area contributed by atoms with Gasteiger partial charge in [-0.25, -0.2) is 4.39 Å². The lowest BCUT2D eigenvalue weighted by Gasteiger charge is -2.07. The molecule has 2 heteroatoms. The second-order valence-electron chi connectivity index (χ2n) is 4.67. The molecule has 2 rings (SSSR count). The molecule has 1 N–H and O–H groups in total. The van der Waals surface area contributed by atoms with Gasteiger partial charge in [-0.15, -0.1) is 0 Å². The van der Waals surface area contributed by atoms with E-state index in [1.807, 2.05) is 37.4 Å². The third-order valence-electron chi connectivity index (χ3n) is 3.33. The minimum Gasteiger partial charge on any atom is -0.320 e. The van der Waals surface area contributed by atoms with E-state index in [9.17, 15) is 4.39 Å². The molecule has 2 aromatic rings. The molecule has 96 valence electrons. The second-order valence-corrected chi connectivity index (χ2v) is 4.67. The van der Waals surface area contributed by atoms with E-state index in [0.29, 0.717) is 0 Å². The summed E-state index contributed by atoms with van der Waals surface area (Å²) in [5, 5.41) is 4.96. The molecule has 0 aliphatic rings. The Morgan fingerprint density at radius 2 is 1.72 bits per heavy atom. The quantitative estimate of drug-likeness (QED) is 0.761. The van der Waals surface area contributed by atoms with Gasteiger partial charge in [0.1, 0.15) is 5.82 Å². The van der Waals surface area contributed by atoms with Crippen molar-refractivity contribution in [3.05, 3.63) is 47.8 Å². The zero-order valence-corrected chi connectivity index (χ0v) is 10.9. The van der Waals surface area contributed by atoms with Crippen LogP contribution in [0.25, 0.3) is 10.8 Å². The van der Waals surface area contributed by atoms with Crippen molar-refractivity contribution >= 4 is 10.8 Å². The van der Waals surface area contributed by atoms with Gasteiger partial charge in [0.05, 0.1) is 0 Å². The lowest BCUT2D eigenvalue weighted by atomic mass is 9.99. The molecule has 1 nitrogen and oxygen atoms in total.